The SMILES string of the molecule is O=C([O-])[O-].[Co+2].[Co+2].[NH2-].[NH2-].[Ni].[Ni]. The number of hydrogen-bond donors (Lipinski definition) is 0. The molecule has 0 aromatic rings. The fourth-order valence-corrected chi connectivity index (χ4v) is 0. The molecule has 0 aliphatic heterocycles. The van der Waals surface area contributed by atoms with E-state index in [9.17, 15) is 0 Å². The van der Waals surface area contributed by atoms with Crippen molar-refractivity contribution >= 4 is 6.16 Å². The van der Waals surface area contributed by atoms with E-state index < -0.39 is 6.16 Å². The summed E-state index contributed by atoms with van der Waals surface area (Å²) in [6.07, 6.45) is -2.33. The van der Waals surface area contributed by atoms with Gasteiger partial charge in [0.1, 0.15) is 0 Å². The number of carbonyl (C=O) groups excluding carboxylic acids is 1. The summed E-state index contributed by atoms with van der Waals surface area (Å²) in [7, 11) is 0. The van der Waals surface area contributed by atoms with Crippen molar-refractivity contribution in [2.24, 2.45) is 0 Å². The molecule has 0 aromatic heterocycles. The third kappa shape index (κ3) is 435. The summed E-state index contributed by atoms with van der Waals surface area (Å²) in [5.74, 6) is 0. The van der Waals surface area contributed by atoms with Gasteiger partial charge in [-0.2, -0.15) is 0 Å². The molecule has 0 rings (SSSR count). The monoisotopic (exact) mass is 326 g/mol. The van der Waals surface area contributed by atoms with Gasteiger partial charge in [0.2, 0.25) is 0 Å². The Labute approximate surface area is 99.5 Å². The van der Waals surface area contributed by atoms with Crippen molar-refractivity contribution in [2.75, 3.05) is 0 Å². The molecule has 0 aromatic carbocycles. The van der Waals surface area contributed by atoms with Gasteiger partial charge >= 0.3 is 33.6 Å². The molecule has 74 valence electrons. The van der Waals surface area contributed by atoms with Crippen LogP contribution in [0.15, 0.2) is 0 Å². The largest absolute Gasteiger partial charge is 2.00 e. The molecule has 0 atom stereocenters. The Bertz CT molecular complexity index is 45.5. The second-order valence-corrected chi connectivity index (χ2v) is 0.250. The van der Waals surface area contributed by atoms with Crippen LogP contribution in [0.25, 0.3) is 12.3 Å². The van der Waals surface area contributed by atoms with Crippen molar-refractivity contribution in [1.82, 2.24) is 0 Å². The molecule has 2 radical (unpaired) electrons. The summed E-state index contributed by atoms with van der Waals surface area (Å²) in [5.41, 5.74) is 0. The van der Waals surface area contributed by atoms with Crippen molar-refractivity contribution in [3.05, 3.63) is 12.3 Å². The fourth-order valence-electron chi connectivity index (χ4n) is 0. The van der Waals surface area contributed by atoms with E-state index in [0.717, 1.165) is 0 Å². The molecule has 0 fully saturated rings. The normalized spacial score (nSPS) is 2.40. The Morgan fingerprint density at radius 2 is 0.900 bits per heavy atom. The average molecular weight is 327 g/mol. The first kappa shape index (κ1) is 66.2. The van der Waals surface area contributed by atoms with Crippen LogP contribution in [0.4, 0.5) is 4.79 Å². The molecule has 0 amide bonds. The maximum atomic E-state index is 8.33. The molecule has 0 heterocycles. The number of carboxylic acid groups (broad SMARTS) is 2. The first-order valence-electron chi connectivity index (χ1n) is 0.612. The summed E-state index contributed by atoms with van der Waals surface area (Å²) in [6, 6.07) is 0. The van der Waals surface area contributed by atoms with E-state index in [1.54, 1.807) is 0 Å². The van der Waals surface area contributed by atoms with E-state index >= 15 is 0 Å². The second kappa shape index (κ2) is 49.0. The van der Waals surface area contributed by atoms with Crippen LogP contribution in [0.1, 0.15) is 0 Å². The molecule has 0 unspecified atom stereocenters. The summed E-state index contributed by atoms with van der Waals surface area (Å²) in [5, 5.41) is 16.7. The molecule has 0 saturated heterocycles. The van der Waals surface area contributed by atoms with Crippen LogP contribution in [0.3, 0.4) is 0 Å². The topological polar surface area (TPSA) is 130 Å². The Kier molecular flexibility index (Phi) is 324. The fraction of sp³-hybridized carbons (Fsp3) is 0. The van der Waals surface area contributed by atoms with Crippen molar-refractivity contribution in [3.63, 3.8) is 0 Å². The summed E-state index contributed by atoms with van der Waals surface area (Å²) in [6.45, 7) is 0. The quantitative estimate of drug-likeness (QED) is 0.527. The predicted octanol–water partition coefficient (Wildman–Crippen LogP) is -1.02. The second-order valence-electron chi connectivity index (χ2n) is 0.250. The van der Waals surface area contributed by atoms with Crippen molar-refractivity contribution in [3.8, 4) is 0 Å². The Hall–Kier alpha value is 1.19. The zero-order chi connectivity index (χ0) is 3.58. The molecule has 0 aliphatic rings. The first-order chi connectivity index (χ1) is 1.73. The number of nitrogens with two attached hydrogens (primary N) is 2. The van der Waals surface area contributed by atoms with Crippen LogP contribution in [-0.2, 0) is 66.5 Å². The van der Waals surface area contributed by atoms with Crippen LogP contribution in [0.5, 0.6) is 0 Å². The van der Waals surface area contributed by atoms with Gasteiger partial charge in [0.25, 0.3) is 0 Å². The van der Waals surface area contributed by atoms with Gasteiger partial charge in [0, 0.05) is 33.0 Å². The van der Waals surface area contributed by atoms with Crippen LogP contribution in [0.2, 0.25) is 0 Å². The molecule has 0 saturated carbocycles. The van der Waals surface area contributed by atoms with E-state index in [0.29, 0.717) is 0 Å². The van der Waals surface area contributed by atoms with Crippen molar-refractivity contribution in [2.45, 2.75) is 0 Å². The van der Waals surface area contributed by atoms with E-state index in [4.69, 9.17) is 15.0 Å². The molecule has 0 aliphatic carbocycles. The maximum absolute atomic E-state index is 8.33. The third-order valence-electron chi connectivity index (χ3n) is 0. The minimum atomic E-state index is -2.33. The smallest absolute Gasteiger partial charge is 0.693 e. The standard InChI is InChI=1S/CH2O3.2Co.2H2N.2Ni/c2-1(3)4;;;;;;/h(H2,2,3,4);;;2*1H2;;/q;2*+2;2*-1;;/p-2. The Morgan fingerprint density at radius 1 is 0.900 bits per heavy atom. The molecule has 10 heavy (non-hydrogen) atoms. The van der Waals surface area contributed by atoms with Gasteiger partial charge in [-0.15, -0.1) is 0 Å². The van der Waals surface area contributed by atoms with Crippen LogP contribution in [-0.4, -0.2) is 6.16 Å². The number of rotatable bonds is 0. The van der Waals surface area contributed by atoms with Gasteiger partial charge in [-0.1, -0.05) is 0 Å². The first-order valence-corrected chi connectivity index (χ1v) is 0.612. The molecular formula is CH4Co2N2Ni2O3. The summed E-state index contributed by atoms with van der Waals surface area (Å²) < 4.78 is 0. The zero-order valence-electron chi connectivity index (χ0n) is 4.18. The minimum Gasteiger partial charge on any atom is -0.693 e. The summed E-state index contributed by atoms with van der Waals surface area (Å²) in [4.78, 5) is 8.33. The van der Waals surface area contributed by atoms with Gasteiger partial charge in [-0.05, 0) is 6.16 Å². The van der Waals surface area contributed by atoms with E-state index in [-0.39, 0.29) is 78.8 Å². The Balaban J connectivity index is -0.00000000300. The van der Waals surface area contributed by atoms with Crippen LogP contribution < -0.4 is 10.2 Å². The number of hydrogen-bond acceptors (Lipinski definition) is 3. The average Bonchev–Trinajstić information content (AvgIpc) is 0.811. The van der Waals surface area contributed by atoms with Crippen LogP contribution in [0, 0.1) is 0 Å². The van der Waals surface area contributed by atoms with Crippen molar-refractivity contribution < 1.29 is 81.5 Å². The van der Waals surface area contributed by atoms with Crippen molar-refractivity contribution in [1.29, 1.82) is 0 Å². The van der Waals surface area contributed by atoms with E-state index in [2.05, 4.69) is 0 Å². The van der Waals surface area contributed by atoms with E-state index in [1.807, 2.05) is 0 Å². The van der Waals surface area contributed by atoms with Crippen LogP contribution >= 0.6 is 0 Å². The predicted molar refractivity (Wildman–Crippen MR) is 16.0 cm³/mol. The minimum absolute atomic E-state index is 0. The molecule has 9 heteroatoms. The molecule has 0 spiro atoms. The Morgan fingerprint density at radius 3 is 0.900 bits per heavy atom. The molecule has 5 nitrogen and oxygen atoms in total. The van der Waals surface area contributed by atoms with Gasteiger partial charge in [0.15, 0.2) is 0 Å². The van der Waals surface area contributed by atoms with Gasteiger partial charge < -0.3 is 27.3 Å². The summed E-state index contributed by atoms with van der Waals surface area (Å²) >= 11 is 0. The van der Waals surface area contributed by atoms with E-state index in [1.165, 1.54) is 0 Å². The molecule has 0 bridgehead atoms. The van der Waals surface area contributed by atoms with Gasteiger partial charge in [0.05, 0.1) is 0 Å². The van der Waals surface area contributed by atoms with Gasteiger partial charge in [-0.25, -0.2) is 0 Å². The van der Waals surface area contributed by atoms with Gasteiger partial charge in [-0.3, -0.25) is 0 Å². The number of carbonyl (C=O) groups is 1. The molecule has 4 N–H and O–H groups in total. The molecular weight excluding hydrogens is 323 g/mol. The third-order valence-corrected chi connectivity index (χ3v) is 0. The maximum Gasteiger partial charge on any atom is 2.00 e. The zero-order valence-corrected chi connectivity index (χ0v) is 8.24.